The minimum atomic E-state index is -1.37. The largest absolute Gasteiger partial charge is 0.461 e. The molecular formula is C30H28O3. The number of aliphatic hydroxyl groups is 1. The van der Waals surface area contributed by atoms with Gasteiger partial charge in [-0.2, -0.15) is 0 Å². The molecule has 3 aromatic rings. The highest BCUT2D eigenvalue weighted by atomic mass is 16.7. The molecule has 4 atom stereocenters. The zero-order chi connectivity index (χ0) is 23.2. The fourth-order valence-electron chi connectivity index (χ4n) is 5.19. The lowest BCUT2D eigenvalue weighted by Gasteiger charge is -2.41. The van der Waals surface area contributed by atoms with Crippen molar-refractivity contribution < 1.29 is 14.6 Å². The van der Waals surface area contributed by atoms with E-state index in [0.717, 1.165) is 33.4 Å². The minimum absolute atomic E-state index is 0.368. The first-order valence-corrected chi connectivity index (χ1v) is 11.2. The van der Waals surface area contributed by atoms with Crippen molar-refractivity contribution in [3.05, 3.63) is 119 Å². The predicted molar refractivity (Wildman–Crippen MR) is 134 cm³/mol. The van der Waals surface area contributed by atoms with E-state index in [2.05, 4.69) is 44.4 Å². The third-order valence-corrected chi connectivity index (χ3v) is 7.05. The van der Waals surface area contributed by atoms with Gasteiger partial charge in [0.05, 0.1) is 11.5 Å². The van der Waals surface area contributed by atoms with Crippen LogP contribution in [0.1, 0.15) is 47.2 Å². The normalized spacial score (nSPS) is 24.8. The molecule has 0 saturated carbocycles. The van der Waals surface area contributed by atoms with Crippen LogP contribution in [0.15, 0.2) is 86.0 Å². The highest BCUT2D eigenvalue weighted by Crippen LogP contribution is 2.51. The van der Waals surface area contributed by atoms with Gasteiger partial charge in [-0.25, -0.2) is 0 Å². The third-order valence-electron chi connectivity index (χ3n) is 7.05. The van der Waals surface area contributed by atoms with Crippen LogP contribution in [0.3, 0.4) is 0 Å². The zero-order valence-electron chi connectivity index (χ0n) is 19.0. The number of rotatable bonds is 4. The monoisotopic (exact) mass is 436 g/mol. The van der Waals surface area contributed by atoms with Gasteiger partial charge in [0.2, 0.25) is 6.29 Å². The molecule has 0 saturated heterocycles. The summed E-state index contributed by atoms with van der Waals surface area (Å²) in [5, 5.41) is 11.6. The molecule has 1 N–H and O–H groups in total. The van der Waals surface area contributed by atoms with Crippen LogP contribution in [-0.4, -0.2) is 17.5 Å². The summed E-state index contributed by atoms with van der Waals surface area (Å²) >= 11 is 0. The maximum Gasteiger partial charge on any atom is 0.233 e. The Kier molecular flexibility index (Phi) is 5.12. The minimum Gasteiger partial charge on any atom is -0.461 e. The first kappa shape index (κ1) is 21.4. The van der Waals surface area contributed by atoms with E-state index >= 15 is 0 Å². The molecule has 33 heavy (non-hydrogen) atoms. The van der Waals surface area contributed by atoms with Crippen molar-refractivity contribution in [2.24, 2.45) is 0 Å². The van der Waals surface area contributed by atoms with E-state index in [4.69, 9.17) is 9.47 Å². The Morgan fingerprint density at radius 3 is 2.42 bits per heavy atom. The third kappa shape index (κ3) is 3.19. The van der Waals surface area contributed by atoms with Crippen molar-refractivity contribution in [1.82, 2.24) is 0 Å². The van der Waals surface area contributed by atoms with Crippen LogP contribution >= 0.6 is 0 Å². The second-order valence-electron chi connectivity index (χ2n) is 9.02. The number of hydrogen-bond donors (Lipinski definition) is 1. The topological polar surface area (TPSA) is 38.7 Å². The molecule has 1 aliphatic carbocycles. The number of benzene rings is 3. The molecule has 3 aromatic carbocycles. The molecule has 0 bridgehead atoms. The Hall–Kier alpha value is -3.40. The first-order valence-electron chi connectivity index (χ1n) is 11.2. The lowest BCUT2D eigenvalue weighted by molar-refractivity contribution is -0.210. The molecule has 1 aliphatic heterocycles. The quantitative estimate of drug-likeness (QED) is 0.520. The van der Waals surface area contributed by atoms with Crippen molar-refractivity contribution in [3.63, 3.8) is 0 Å². The van der Waals surface area contributed by atoms with Crippen LogP contribution in [0, 0.1) is 0 Å². The molecule has 0 aromatic heterocycles. The number of fused-ring (bicyclic) bond motifs is 5. The fourth-order valence-corrected chi connectivity index (χ4v) is 5.19. The molecule has 0 spiro atoms. The molecular weight excluding hydrogens is 408 g/mol. The molecule has 1 heterocycles. The van der Waals surface area contributed by atoms with Crippen LogP contribution in [0.25, 0.3) is 18.2 Å². The maximum atomic E-state index is 11.6. The van der Waals surface area contributed by atoms with Gasteiger partial charge < -0.3 is 14.6 Å². The van der Waals surface area contributed by atoms with Crippen molar-refractivity contribution in [2.45, 2.75) is 37.3 Å². The molecule has 166 valence electrons. The van der Waals surface area contributed by atoms with Gasteiger partial charge in [0.15, 0.2) is 0 Å². The highest BCUT2D eigenvalue weighted by Gasteiger charge is 2.50. The standard InChI is InChI=1S/C30H28O3/c1-5-20-16-18-25-27(23(20)6-2)29(3)24-15-11-10-12-21(24)17-19-26(29)33-28(32-25)30(4,31)22-13-8-7-9-14-22/h5-19,26,28,31H,1-2H2,3-4H3/t26-,28?,29+,30?/m1/s1. The summed E-state index contributed by atoms with van der Waals surface area (Å²) in [4.78, 5) is 0. The predicted octanol–water partition coefficient (Wildman–Crippen LogP) is 6.32. The van der Waals surface area contributed by atoms with Gasteiger partial charge in [0.25, 0.3) is 0 Å². The van der Waals surface area contributed by atoms with E-state index in [-0.39, 0.29) is 6.10 Å². The zero-order valence-corrected chi connectivity index (χ0v) is 19.0. The lowest BCUT2D eigenvalue weighted by atomic mass is 9.66. The van der Waals surface area contributed by atoms with Crippen molar-refractivity contribution in [3.8, 4) is 5.75 Å². The summed E-state index contributed by atoms with van der Waals surface area (Å²) in [5.41, 5.74) is 4.00. The Morgan fingerprint density at radius 2 is 1.70 bits per heavy atom. The average Bonchev–Trinajstić information content (AvgIpc) is 2.98. The Morgan fingerprint density at radius 1 is 0.970 bits per heavy atom. The molecule has 3 heteroatoms. The summed E-state index contributed by atoms with van der Waals surface area (Å²) in [7, 11) is 0. The Bertz CT molecular complexity index is 1250. The van der Waals surface area contributed by atoms with Crippen molar-refractivity contribution >= 4 is 18.2 Å². The average molecular weight is 437 g/mol. The van der Waals surface area contributed by atoms with Gasteiger partial charge in [-0.05, 0) is 47.7 Å². The van der Waals surface area contributed by atoms with E-state index in [1.807, 2.05) is 66.7 Å². The van der Waals surface area contributed by atoms with Crippen molar-refractivity contribution in [1.29, 1.82) is 0 Å². The second-order valence-corrected chi connectivity index (χ2v) is 9.02. The Labute approximate surface area is 195 Å². The lowest BCUT2D eigenvalue weighted by Crippen LogP contribution is -2.47. The fraction of sp³-hybridized carbons (Fsp3) is 0.200. The molecule has 0 amide bonds. The summed E-state index contributed by atoms with van der Waals surface area (Å²) < 4.78 is 13.1. The molecule has 2 aliphatic rings. The van der Waals surface area contributed by atoms with Crippen LogP contribution < -0.4 is 4.74 Å². The summed E-state index contributed by atoms with van der Waals surface area (Å²) in [5.74, 6) is 0.673. The molecule has 2 unspecified atom stereocenters. The van der Waals surface area contributed by atoms with E-state index in [9.17, 15) is 5.11 Å². The molecule has 5 rings (SSSR count). The van der Waals surface area contributed by atoms with Crippen LogP contribution in [-0.2, 0) is 15.8 Å². The first-order chi connectivity index (χ1) is 15.9. The van der Waals surface area contributed by atoms with E-state index in [0.29, 0.717) is 5.75 Å². The van der Waals surface area contributed by atoms with Crippen LogP contribution in [0.4, 0.5) is 0 Å². The summed E-state index contributed by atoms with van der Waals surface area (Å²) in [6.07, 6.45) is 6.57. The van der Waals surface area contributed by atoms with Gasteiger partial charge in [-0.3, -0.25) is 0 Å². The maximum absolute atomic E-state index is 11.6. The van der Waals surface area contributed by atoms with Gasteiger partial charge in [-0.15, -0.1) is 0 Å². The second kappa shape index (κ2) is 7.87. The molecule has 3 nitrogen and oxygen atoms in total. The van der Waals surface area contributed by atoms with Crippen LogP contribution in [0.2, 0.25) is 0 Å². The van der Waals surface area contributed by atoms with E-state index in [1.165, 1.54) is 0 Å². The van der Waals surface area contributed by atoms with Crippen LogP contribution in [0.5, 0.6) is 5.75 Å². The number of ether oxygens (including phenoxy) is 2. The number of hydrogen-bond acceptors (Lipinski definition) is 3. The summed E-state index contributed by atoms with van der Waals surface area (Å²) in [6.45, 7) is 12.0. The smallest absolute Gasteiger partial charge is 0.233 e. The van der Waals surface area contributed by atoms with E-state index < -0.39 is 17.3 Å². The molecule has 0 fully saturated rings. The van der Waals surface area contributed by atoms with Gasteiger partial charge in [0, 0.05) is 5.56 Å². The van der Waals surface area contributed by atoms with Gasteiger partial charge in [-0.1, -0.05) is 98.1 Å². The summed E-state index contributed by atoms with van der Waals surface area (Å²) in [6, 6.07) is 21.8. The van der Waals surface area contributed by atoms with Gasteiger partial charge in [0.1, 0.15) is 11.4 Å². The Balaban J connectivity index is 1.77. The van der Waals surface area contributed by atoms with Gasteiger partial charge >= 0.3 is 0 Å². The SMILES string of the molecule is C=Cc1ccc2c(c1C=C)[C@@]1(C)c3ccccc3C=C[C@H]1OC(C(C)(O)c1ccccc1)O2. The molecule has 0 radical (unpaired) electrons. The van der Waals surface area contributed by atoms with E-state index in [1.54, 1.807) is 6.92 Å². The van der Waals surface area contributed by atoms with Crippen molar-refractivity contribution in [2.75, 3.05) is 0 Å². The highest BCUT2D eigenvalue weighted by molar-refractivity contribution is 5.75.